The van der Waals surface area contributed by atoms with Gasteiger partial charge in [-0.05, 0) is 54.8 Å². The minimum Gasteiger partial charge on any atom is -0.488 e. The van der Waals surface area contributed by atoms with E-state index in [2.05, 4.69) is 49.1 Å². The topological polar surface area (TPSA) is 83.8 Å². The predicted octanol–water partition coefficient (Wildman–Crippen LogP) is 8.23. The molecule has 3 aromatic rings. The highest BCUT2D eigenvalue weighted by atomic mass is 32.1. The third-order valence-corrected chi connectivity index (χ3v) is 7.12. The summed E-state index contributed by atoms with van der Waals surface area (Å²) in [4.78, 5) is 3.95. The Morgan fingerprint density at radius 3 is 2.21 bits per heavy atom. The molecule has 0 radical (unpaired) electrons. The zero-order valence-corrected chi connectivity index (χ0v) is 22.8. The fourth-order valence-electron chi connectivity index (χ4n) is 3.91. The number of nitrogens with zero attached hydrogens (tertiary/aromatic N) is 4. The van der Waals surface area contributed by atoms with Crippen LogP contribution in [0.25, 0.3) is 17.7 Å². The van der Waals surface area contributed by atoms with E-state index in [0.717, 1.165) is 66.2 Å². The number of hydrogen-bond acceptors (Lipinski definition) is 6. The van der Waals surface area contributed by atoms with E-state index < -0.39 is 0 Å². The second-order valence-electron chi connectivity index (χ2n) is 8.81. The predicted molar refractivity (Wildman–Crippen MR) is 156 cm³/mol. The van der Waals surface area contributed by atoms with Crippen molar-refractivity contribution in [1.82, 2.24) is 0 Å². The molecule has 2 aromatic carbocycles. The van der Waals surface area contributed by atoms with Gasteiger partial charge in [0.25, 0.3) is 0 Å². The van der Waals surface area contributed by atoms with E-state index >= 15 is 0 Å². The quantitative estimate of drug-likeness (QED) is 0.212. The van der Waals surface area contributed by atoms with Crippen LogP contribution >= 0.6 is 11.3 Å². The summed E-state index contributed by atoms with van der Waals surface area (Å²) in [5.74, 6) is 0.811. The second-order valence-corrected chi connectivity index (χ2v) is 9.93. The maximum absolute atomic E-state index is 9.46. The molecule has 0 amide bonds. The number of rotatable bonds is 13. The van der Waals surface area contributed by atoms with Gasteiger partial charge in [-0.1, -0.05) is 57.0 Å². The molecule has 0 unspecified atom stereocenters. The zero-order valence-electron chi connectivity index (χ0n) is 22.0. The Labute approximate surface area is 230 Å². The summed E-state index contributed by atoms with van der Waals surface area (Å²) in [7, 11) is 0. The largest absolute Gasteiger partial charge is 0.488 e. The minimum atomic E-state index is -0.173. The Morgan fingerprint density at radius 2 is 1.58 bits per heavy atom. The molecular weight excluding hydrogens is 488 g/mol. The molecular formula is C32H32N4OS. The van der Waals surface area contributed by atoms with Crippen molar-refractivity contribution < 1.29 is 4.74 Å². The van der Waals surface area contributed by atoms with Gasteiger partial charge in [-0.25, -0.2) is 0 Å². The molecule has 0 aliphatic rings. The normalized spacial score (nSPS) is 10.4. The van der Waals surface area contributed by atoms with Crippen molar-refractivity contribution in [3.05, 3.63) is 87.1 Å². The SMILES string of the molecule is CCCCN(CCCC)c1ccc(/C=C/c2ccc(C(C#N)=C(C#N)C#N)s2)c(OCc2ccccc2)c1. The molecule has 6 heteroatoms. The summed E-state index contributed by atoms with van der Waals surface area (Å²) in [5.41, 5.74) is 3.15. The third-order valence-electron chi connectivity index (χ3n) is 6.05. The number of benzene rings is 2. The highest BCUT2D eigenvalue weighted by Crippen LogP contribution is 2.31. The average Bonchev–Trinajstić information content (AvgIpc) is 3.43. The molecule has 0 aliphatic carbocycles. The van der Waals surface area contributed by atoms with Crippen LogP contribution < -0.4 is 9.64 Å². The molecule has 0 N–H and O–H groups in total. The molecule has 0 saturated heterocycles. The van der Waals surface area contributed by atoms with Crippen LogP contribution in [0, 0.1) is 34.0 Å². The second kappa shape index (κ2) is 15.1. The zero-order chi connectivity index (χ0) is 27.2. The van der Waals surface area contributed by atoms with Crippen LogP contribution in [0.2, 0.25) is 0 Å². The molecule has 0 aliphatic heterocycles. The molecule has 1 heterocycles. The van der Waals surface area contributed by atoms with E-state index in [1.807, 2.05) is 54.6 Å². The number of anilines is 1. The van der Waals surface area contributed by atoms with Crippen LogP contribution in [0.1, 0.15) is 60.4 Å². The molecule has 0 atom stereocenters. The lowest BCUT2D eigenvalue weighted by atomic mass is 10.1. The molecule has 3 rings (SSSR count). The fraction of sp³-hybridized carbons (Fsp3) is 0.281. The summed E-state index contributed by atoms with van der Waals surface area (Å²) in [6, 6.07) is 25.8. The van der Waals surface area contributed by atoms with E-state index in [-0.39, 0.29) is 11.1 Å². The number of thiophene rings is 1. The number of allylic oxidation sites excluding steroid dienone is 2. The van der Waals surface area contributed by atoms with Gasteiger partial charge >= 0.3 is 0 Å². The Bertz CT molecular complexity index is 1360. The Kier molecular flexibility index (Phi) is 11.2. The van der Waals surface area contributed by atoms with Crippen LogP contribution in [-0.4, -0.2) is 13.1 Å². The van der Waals surface area contributed by atoms with E-state index in [0.29, 0.717) is 11.5 Å². The molecule has 0 fully saturated rings. The van der Waals surface area contributed by atoms with Gasteiger partial charge < -0.3 is 9.64 Å². The molecule has 1 aromatic heterocycles. The van der Waals surface area contributed by atoms with Gasteiger partial charge in [0.1, 0.15) is 36.1 Å². The van der Waals surface area contributed by atoms with Gasteiger partial charge in [-0.15, -0.1) is 11.3 Å². The van der Waals surface area contributed by atoms with E-state index in [1.165, 1.54) is 11.3 Å². The number of hydrogen-bond donors (Lipinski definition) is 0. The summed E-state index contributed by atoms with van der Waals surface area (Å²) < 4.78 is 6.34. The highest BCUT2D eigenvalue weighted by Gasteiger charge is 2.12. The van der Waals surface area contributed by atoms with Crippen molar-refractivity contribution in [1.29, 1.82) is 15.8 Å². The highest BCUT2D eigenvalue weighted by molar-refractivity contribution is 7.14. The molecule has 192 valence electrons. The van der Waals surface area contributed by atoms with Crippen molar-refractivity contribution >= 4 is 34.7 Å². The van der Waals surface area contributed by atoms with Crippen LogP contribution in [0.5, 0.6) is 5.75 Å². The van der Waals surface area contributed by atoms with Gasteiger partial charge in [0.15, 0.2) is 0 Å². The summed E-state index contributed by atoms with van der Waals surface area (Å²) in [5, 5.41) is 27.8. The van der Waals surface area contributed by atoms with Gasteiger partial charge in [0.2, 0.25) is 0 Å². The first-order valence-corrected chi connectivity index (χ1v) is 13.7. The molecule has 0 bridgehead atoms. The average molecular weight is 521 g/mol. The maximum atomic E-state index is 9.46. The van der Waals surface area contributed by atoms with Gasteiger partial charge in [-0.3, -0.25) is 0 Å². The lowest BCUT2D eigenvalue weighted by Crippen LogP contribution is -2.25. The third kappa shape index (κ3) is 7.84. The first-order chi connectivity index (χ1) is 18.6. The van der Waals surface area contributed by atoms with Crippen LogP contribution in [0.3, 0.4) is 0 Å². The Hall–Kier alpha value is -4.31. The summed E-state index contributed by atoms with van der Waals surface area (Å²) >= 11 is 1.37. The summed E-state index contributed by atoms with van der Waals surface area (Å²) in [6.45, 7) is 6.94. The van der Waals surface area contributed by atoms with Gasteiger partial charge in [-0.2, -0.15) is 15.8 Å². The van der Waals surface area contributed by atoms with Gasteiger partial charge in [0, 0.05) is 40.2 Å². The Morgan fingerprint density at radius 1 is 0.868 bits per heavy atom. The number of nitriles is 3. The summed E-state index contributed by atoms with van der Waals surface area (Å²) in [6.07, 6.45) is 8.56. The van der Waals surface area contributed by atoms with E-state index in [1.54, 1.807) is 6.07 Å². The van der Waals surface area contributed by atoms with Crippen molar-refractivity contribution in [3.8, 4) is 24.0 Å². The number of unbranched alkanes of at least 4 members (excludes halogenated alkanes) is 2. The van der Waals surface area contributed by atoms with Crippen molar-refractivity contribution in [2.24, 2.45) is 0 Å². The fourth-order valence-corrected chi connectivity index (χ4v) is 4.82. The first kappa shape index (κ1) is 28.3. The van der Waals surface area contributed by atoms with E-state index in [9.17, 15) is 5.26 Å². The van der Waals surface area contributed by atoms with Gasteiger partial charge in [0.05, 0.1) is 5.57 Å². The van der Waals surface area contributed by atoms with Crippen molar-refractivity contribution in [2.75, 3.05) is 18.0 Å². The first-order valence-electron chi connectivity index (χ1n) is 12.9. The number of ether oxygens (including phenoxy) is 1. The maximum Gasteiger partial charge on any atom is 0.148 e. The molecule has 0 spiro atoms. The monoisotopic (exact) mass is 520 g/mol. The minimum absolute atomic E-state index is 0.107. The lowest BCUT2D eigenvalue weighted by Gasteiger charge is -2.25. The standard InChI is InChI=1S/C32H32N4OS/c1-3-5-18-36(19-6-4-2)28-14-12-26(31(20-28)37-24-25-10-8-7-9-11-25)13-15-29-16-17-32(38-29)30(23-35)27(21-33)22-34/h7-17,20H,3-6,18-19,24H2,1-2H3/b15-13+. The smallest absolute Gasteiger partial charge is 0.148 e. The van der Waals surface area contributed by atoms with E-state index in [4.69, 9.17) is 15.3 Å². The molecule has 0 saturated carbocycles. The molecule has 38 heavy (non-hydrogen) atoms. The molecule has 5 nitrogen and oxygen atoms in total. The van der Waals surface area contributed by atoms with Crippen LogP contribution in [0.4, 0.5) is 5.69 Å². The Balaban J connectivity index is 1.92. The van der Waals surface area contributed by atoms with Crippen LogP contribution in [0.15, 0.2) is 66.2 Å². The van der Waals surface area contributed by atoms with Crippen molar-refractivity contribution in [2.45, 2.75) is 46.1 Å². The van der Waals surface area contributed by atoms with Crippen LogP contribution in [-0.2, 0) is 6.61 Å². The van der Waals surface area contributed by atoms with Crippen molar-refractivity contribution in [3.63, 3.8) is 0 Å². The lowest BCUT2D eigenvalue weighted by molar-refractivity contribution is 0.305.